The standard InChI is InChI=1S/C19H34N6O2.HI/c1-6-16-15(17(7-2)25(5)23-16)11-21-19(22-12-18(26)24(3)4)20-10-14-8-9-27-13-14;/h14H,6-13H2,1-5H3,(H2,20,21,22);1H. The molecule has 1 saturated heterocycles. The highest BCUT2D eigenvalue weighted by Crippen LogP contribution is 2.16. The van der Waals surface area contributed by atoms with E-state index in [1.54, 1.807) is 19.0 Å². The number of amides is 1. The number of likely N-dealkylation sites (N-methyl/N-ethyl adjacent to an activating group) is 1. The Morgan fingerprint density at radius 2 is 2.07 bits per heavy atom. The van der Waals surface area contributed by atoms with E-state index in [4.69, 9.17) is 9.73 Å². The summed E-state index contributed by atoms with van der Waals surface area (Å²) in [6.07, 6.45) is 2.86. The molecule has 1 aliphatic heterocycles. The minimum Gasteiger partial charge on any atom is -0.381 e. The topological polar surface area (TPSA) is 83.8 Å². The molecule has 9 heteroatoms. The van der Waals surface area contributed by atoms with Crippen molar-refractivity contribution in [1.29, 1.82) is 0 Å². The van der Waals surface area contributed by atoms with Gasteiger partial charge in [-0.1, -0.05) is 13.8 Å². The van der Waals surface area contributed by atoms with E-state index in [0.29, 0.717) is 18.4 Å². The molecule has 0 radical (unpaired) electrons. The lowest BCUT2D eigenvalue weighted by Gasteiger charge is -2.16. The minimum absolute atomic E-state index is 0. The average molecular weight is 506 g/mol. The Bertz CT molecular complexity index is 653. The number of hydrogen-bond donors (Lipinski definition) is 2. The van der Waals surface area contributed by atoms with Crippen molar-refractivity contribution < 1.29 is 9.53 Å². The third-order valence-corrected chi connectivity index (χ3v) is 4.91. The van der Waals surface area contributed by atoms with Gasteiger partial charge in [0.15, 0.2) is 5.96 Å². The molecule has 0 spiro atoms. The van der Waals surface area contributed by atoms with Crippen LogP contribution >= 0.6 is 24.0 Å². The minimum atomic E-state index is 0. The summed E-state index contributed by atoms with van der Waals surface area (Å²) in [4.78, 5) is 18.3. The molecule has 160 valence electrons. The lowest BCUT2D eigenvalue weighted by atomic mass is 10.1. The summed E-state index contributed by atoms with van der Waals surface area (Å²) in [6, 6.07) is 0. The summed E-state index contributed by atoms with van der Waals surface area (Å²) < 4.78 is 7.39. The zero-order valence-electron chi connectivity index (χ0n) is 17.7. The molecule has 0 aliphatic carbocycles. The average Bonchev–Trinajstić information content (AvgIpc) is 3.27. The van der Waals surface area contributed by atoms with Gasteiger partial charge in [0.25, 0.3) is 0 Å². The number of aryl methyl sites for hydroxylation is 2. The highest BCUT2D eigenvalue weighted by molar-refractivity contribution is 14.0. The van der Waals surface area contributed by atoms with Crippen molar-refractivity contribution in [2.24, 2.45) is 18.0 Å². The Labute approximate surface area is 185 Å². The maximum Gasteiger partial charge on any atom is 0.241 e. The number of rotatable bonds is 8. The van der Waals surface area contributed by atoms with Gasteiger partial charge in [0, 0.05) is 51.5 Å². The summed E-state index contributed by atoms with van der Waals surface area (Å²) >= 11 is 0. The molecule has 1 fully saturated rings. The molecule has 0 aromatic carbocycles. The summed E-state index contributed by atoms with van der Waals surface area (Å²) in [5.74, 6) is 1.15. The lowest BCUT2D eigenvalue weighted by molar-refractivity contribution is -0.127. The lowest BCUT2D eigenvalue weighted by Crippen LogP contribution is -2.44. The van der Waals surface area contributed by atoms with Crippen LogP contribution in [-0.2, 0) is 36.0 Å². The van der Waals surface area contributed by atoms with Crippen molar-refractivity contribution in [2.75, 3.05) is 40.4 Å². The number of nitrogens with one attached hydrogen (secondary N) is 2. The van der Waals surface area contributed by atoms with Crippen molar-refractivity contribution in [1.82, 2.24) is 25.3 Å². The number of ether oxygens (including phenoxy) is 1. The fourth-order valence-corrected chi connectivity index (χ4v) is 3.21. The quantitative estimate of drug-likeness (QED) is 0.316. The van der Waals surface area contributed by atoms with Crippen molar-refractivity contribution in [3.8, 4) is 0 Å². The van der Waals surface area contributed by atoms with Crippen LogP contribution in [0.2, 0.25) is 0 Å². The molecular weight excluding hydrogens is 471 g/mol. The van der Waals surface area contributed by atoms with Crippen molar-refractivity contribution in [3.05, 3.63) is 17.0 Å². The van der Waals surface area contributed by atoms with Crippen LogP contribution in [-0.4, -0.2) is 66.9 Å². The summed E-state index contributed by atoms with van der Waals surface area (Å²) in [7, 11) is 5.49. The van der Waals surface area contributed by atoms with Crippen LogP contribution in [0.3, 0.4) is 0 Å². The Kier molecular flexibility index (Phi) is 10.8. The fraction of sp³-hybridized carbons (Fsp3) is 0.737. The monoisotopic (exact) mass is 506 g/mol. The predicted molar refractivity (Wildman–Crippen MR) is 122 cm³/mol. The second-order valence-corrected chi connectivity index (χ2v) is 7.12. The highest BCUT2D eigenvalue weighted by Gasteiger charge is 2.17. The molecule has 2 N–H and O–H groups in total. The number of halogens is 1. The molecule has 2 rings (SSSR count). The fourth-order valence-electron chi connectivity index (χ4n) is 3.21. The zero-order chi connectivity index (χ0) is 19.8. The molecule has 1 atom stereocenters. The molecule has 2 heterocycles. The molecule has 0 bridgehead atoms. The van der Waals surface area contributed by atoms with Gasteiger partial charge < -0.3 is 20.3 Å². The zero-order valence-corrected chi connectivity index (χ0v) is 20.1. The normalized spacial score (nSPS) is 16.6. The number of hydrogen-bond acceptors (Lipinski definition) is 4. The first-order valence-corrected chi connectivity index (χ1v) is 9.79. The van der Waals surface area contributed by atoms with Gasteiger partial charge in [-0.25, -0.2) is 4.99 Å². The third-order valence-electron chi connectivity index (χ3n) is 4.91. The third kappa shape index (κ3) is 6.91. The van der Waals surface area contributed by atoms with Crippen LogP contribution in [0.1, 0.15) is 37.2 Å². The van der Waals surface area contributed by atoms with Gasteiger partial charge in [-0.3, -0.25) is 9.48 Å². The molecule has 8 nitrogen and oxygen atoms in total. The second kappa shape index (κ2) is 12.3. The number of nitrogens with zero attached hydrogens (tertiary/aromatic N) is 4. The van der Waals surface area contributed by atoms with Crippen molar-refractivity contribution in [2.45, 2.75) is 39.7 Å². The molecule has 1 aromatic rings. The summed E-state index contributed by atoms with van der Waals surface area (Å²) in [6.45, 7) is 7.40. The Balaban J connectivity index is 0.00000392. The van der Waals surface area contributed by atoms with E-state index in [9.17, 15) is 4.79 Å². The molecule has 1 unspecified atom stereocenters. The number of aromatic nitrogens is 2. The van der Waals surface area contributed by atoms with Crippen LogP contribution in [0.25, 0.3) is 0 Å². The molecule has 1 aromatic heterocycles. The largest absolute Gasteiger partial charge is 0.381 e. The maximum atomic E-state index is 11.9. The van der Waals surface area contributed by atoms with Crippen LogP contribution in [0, 0.1) is 5.92 Å². The van der Waals surface area contributed by atoms with Gasteiger partial charge in [0.1, 0.15) is 0 Å². The molecule has 28 heavy (non-hydrogen) atoms. The summed E-state index contributed by atoms with van der Waals surface area (Å²) in [5, 5.41) is 11.1. The Morgan fingerprint density at radius 1 is 1.32 bits per heavy atom. The van der Waals surface area contributed by atoms with Gasteiger partial charge in [-0.2, -0.15) is 5.10 Å². The number of guanidine groups is 1. The van der Waals surface area contributed by atoms with Gasteiger partial charge in [0.05, 0.1) is 25.4 Å². The molecule has 1 amide bonds. The maximum absolute atomic E-state index is 11.9. The van der Waals surface area contributed by atoms with Gasteiger partial charge in [-0.15, -0.1) is 24.0 Å². The summed E-state index contributed by atoms with van der Waals surface area (Å²) in [5.41, 5.74) is 3.49. The van der Waals surface area contributed by atoms with Crippen LogP contribution < -0.4 is 10.6 Å². The number of carbonyl (C=O) groups is 1. The van der Waals surface area contributed by atoms with E-state index in [1.807, 2.05) is 11.7 Å². The van der Waals surface area contributed by atoms with Crippen LogP contribution in [0.4, 0.5) is 0 Å². The van der Waals surface area contributed by atoms with E-state index in [1.165, 1.54) is 11.3 Å². The Hall–Kier alpha value is -1.36. The first kappa shape index (κ1) is 24.7. The van der Waals surface area contributed by atoms with Crippen molar-refractivity contribution in [3.63, 3.8) is 0 Å². The predicted octanol–water partition coefficient (Wildman–Crippen LogP) is 1.32. The van der Waals surface area contributed by atoms with E-state index in [-0.39, 0.29) is 36.4 Å². The first-order valence-electron chi connectivity index (χ1n) is 9.79. The second-order valence-electron chi connectivity index (χ2n) is 7.12. The number of carbonyl (C=O) groups excluding carboxylic acids is 1. The molecule has 0 saturated carbocycles. The van der Waals surface area contributed by atoms with Gasteiger partial charge >= 0.3 is 0 Å². The van der Waals surface area contributed by atoms with E-state index >= 15 is 0 Å². The molecule has 1 aliphatic rings. The Morgan fingerprint density at radius 3 is 2.64 bits per heavy atom. The van der Waals surface area contributed by atoms with Crippen LogP contribution in [0.15, 0.2) is 4.99 Å². The van der Waals surface area contributed by atoms with Crippen LogP contribution in [0.5, 0.6) is 0 Å². The smallest absolute Gasteiger partial charge is 0.241 e. The van der Waals surface area contributed by atoms with Gasteiger partial charge in [0.2, 0.25) is 5.91 Å². The SMILES string of the molecule is CCc1nn(C)c(CC)c1CN=C(NCC(=O)N(C)C)NCC1CCOC1.I. The number of aliphatic imine (C=N–C) groups is 1. The first-order chi connectivity index (χ1) is 13.0. The van der Waals surface area contributed by atoms with E-state index < -0.39 is 0 Å². The van der Waals surface area contributed by atoms with E-state index in [2.05, 4.69) is 29.6 Å². The highest BCUT2D eigenvalue weighted by atomic mass is 127. The van der Waals surface area contributed by atoms with E-state index in [0.717, 1.165) is 44.7 Å². The van der Waals surface area contributed by atoms with Gasteiger partial charge in [-0.05, 0) is 19.3 Å². The molecular formula is C19H35IN6O2. The van der Waals surface area contributed by atoms with Crippen molar-refractivity contribution >= 4 is 35.8 Å².